The van der Waals surface area contributed by atoms with Gasteiger partial charge in [0.25, 0.3) is 0 Å². The molecule has 1 saturated heterocycles. The second kappa shape index (κ2) is 11.0. The summed E-state index contributed by atoms with van der Waals surface area (Å²) >= 11 is 0. The van der Waals surface area contributed by atoms with E-state index < -0.39 is 0 Å². The normalized spacial score (nSPS) is 16.6. The van der Waals surface area contributed by atoms with Crippen molar-refractivity contribution in [2.45, 2.75) is 26.3 Å². The number of nitrogens with one attached hydrogen (secondary N) is 2. The smallest absolute Gasteiger partial charge is 0.191 e. The molecule has 6 nitrogen and oxygen atoms in total. The maximum atomic E-state index is 13.0. The summed E-state index contributed by atoms with van der Waals surface area (Å²) in [5.41, 5.74) is 1.09. The summed E-state index contributed by atoms with van der Waals surface area (Å²) in [7, 11) is 0. The molecule has 1 aliphatic heterocycles. The molecule has 2 heterocycles. The van der Waals surface area contributed by atoms with Gasteiger partial charge in [0.05, 0.1) is 25.8 Å². The van der Waals surface area contributed by atoms with E-state index in [1.807, 2.05) is 38.1 Å². The first-order valence-corrected chi connectivity index (χ1v) is 10.3. The van der Waals surface area contributed by atoms with Gasteiger partial charge < -0.3 is 19.8 Å². The summed E-state index contributed by atoms with van der Waals surface area (Å²) < 4.78 is 24.5. The number of morpholine rings is 1. The molecule has 1 atom stereocenters. The van der Waals surface area contributed by atoms with Crippen LogP contribution in [0, 0.1) is 12.7 Å². The lowest BCUT2D eigenvalue weighted by molar-refractivity contribution is 0.0135. The van der Waals surface area contributed by atoms with Crippen LogP contribution < -0.4 is 10.6 Å². The minimum atomic E-state index is -0.209. The fraction of sp³-hybridized carbons (Fsp3) is 0.500. The summed E-state index contributed by atoms with van der Waals surface area (Å²) in [5.74, 6) is 2.41. The predicted octanol–water partition coefficient (Wildman–Crippen LogP) is 2.90. The van der Waals surface area contributed by atoms with E-state index in [0.29, 0.717) is 6.54 Å². The van der Waals surface area contributed by atoms with Crippen molar-refractivity contribution in [2.24, 2.45) is 4.99 Å². The van der Waals surface area contributed by atoms with Crippen LogP contribution >= 0.6 is 0 Å². The van der Waals surface area contributed by atoms with Gasteiger partial charge in [-0.1, -0.05) is 12.1 Å². The van der Waals surface area contributed by atoms with Gasteiger partial charge in [-0.2, -0.15) is 0 Å². The van der Waals surface area contributed by atoms with E-state index in [1.54, 1.807) is 0 Å². The Morgan fingerprint density at radius 3 is 2.55 bits per heavy atom. The number of hydrogen-bond donors (Lipinski definition) is 2. The van der Waals surface area contributed by atoms with Gasteiger partial charge in [-0.25, -0.2) is 4.39 Å². The van der Waals surface area contributed by atoms with E-state index in [4.69, 9.17) is 14.1 Å². The molecule has 0 saturated carbocycles. The van der Waals surface area contributed by atoms with Crippen LogP contribution in [0.3, 0.4) is 0 Å². The monoisotopic (exact) mass is 402 g/mol. The Kier molecular flexibility index (Phi) is 8.07. The maximum Gasteiger partial charge on any atom is 0.191 e. The molecule has 1 fully saturated rings. The highest BCUT2D eigenvalue weighted by molar-refractivity contribution is 5.79. The van der Waals surface area contributed by atoms with E-state index in [2.05, 4.69) is 15.5 Å². The van der Waals surface area contributed by atoms with Crippen LogP contribution in [-0.4, -0.2) is 56.8 Å². The van der Waals surface area contributed by atoms with Crippen LogP contribution in [0.1, 0.15) is 30.0 Å². The third kappa shape index (κ3) is 6.58. The maximum absolute atomic E-state index is 13.0. The first-order valence-electron chi connectivity index (χ1n) is 10.3. The van der Waals surface area contributed by atoms with Crippen LogP contribution in [0.15, 0.2) is 45.8 Å². The van der Waals surface area contributed by atoms with Crippen LogP contribution in [-0.2, 0) is 11.2 Å². The average Bonchev–Trinajstić information content (AvgIpc) is 3.16. The summed E-state index contributed by atoms with van der Waals surface area (Å²) in [5, 5.41) is 6.67. The zero-order valence-corrected chi connectivity index (χ0v) is 17.3. The minimum absolute atomic E-state index is 0.0835. The lowest BCUT2D eigenvalue weighted by Gasteiger charge is -2.32. The third-order valence-electron chi connectivity index (χ3n) is 4.96. The molecule has 3 rings (SSSR count). The van der Waals surface area contributed by atoms with Crippen LogP contribution in [0.2, 0.25) is 0 Å². The number of furan rings is 1. The number of ether oxygens (including phenoxy) is 1. The van der Waals surface area contributed by atoms with Gasteiger partial charge in [-0.3, -0.25) is 9.89 Å². The molecule has 1 aliphatic rings. The van der Waals surface area contributed by atoms with Gasteiger partial charge in [0.15, 0.2) is 5.96 Å². The number of nitrogens with zero attached hydrogens (tertiary/aromatic N) is 2. The van der Waals surface area contributed by atoms with Crippen molar-refractivity contribution in [3.63, 3.8) is 0 Å². The van der Waals surface area contributed by atoms with E-state index in [-0.39, 0.29) is 11.9 Å². The Labute approximate surface area is 172 Å². The van der Waals surface area contributed by atoms with Gasteiger partial charge >= 0.3 is 0 Å². The first-order chi connectivity index (χ1) is 14.2. The highest BCUT2D eigenvalue weighted by Crippen LogP contribution is 2.24. The molecule has 1 aromatic carbocycles. The number of aryl methyl sites for hydroxylation is 1. The number of aliphatic imine (C=N–C) groups is 1. The lowest BCUT2D eigenvalue weighted by atomic mass is 10.1. The van der Waals surface area contributed by atoms with E-state index in [1.165, 1.54) is 12.1 Å². The zero-order valence-electron chi connectivity index (χ0n) is 17.3. The summed E-state index contributed by atoms with van der Waals surface area (Å²) in [4.78, 5) is 7.18. The van der Waals surface area contributed by atoms with Gasteiger partial charge in [-0.15, -0.1) is 0 Å². The number of guanidine groups is 1. The van der Waals surface area contributed by atoms with Crippen molar-refractivity contribution in [1.82, 2.24) is 15.5 Å². The van der Waals surface area contributed by atoms with Crippen molar-refractivity contribution in [3.8, 4) is 0 Å². The Morgan fingerprint density at radius 1 is 1.14 bits per heavy atom. The fourth-order valence-electron chi connectivity index (χ4n) is 3.40. The quantitative estimate of drug-likeness (QED) is 0.525. The molecule has 7 heteroatoms. The molecule has 29 heavy (non-hydrogen) atoms. The molecule has 0 radical (unpaired) electrons. The van der Waals surface area contributed by atoms with Crippen molar-refractivity contribution >= 4 is 5.96 Å². The van der Waals surface area contributed by atoms with E-state index >= 15 is 0 Å². The number of benzene rings is 1. The highest BCUT2D eigenvalue weighted by atomic mass is 19.1. The molecular formula is C22H31FN4O2. The standard InChI is InChI=1S/C22H31FN4O2/c1-3-24-22(25-11-10-18-5-7-19(23)8-6-18)26-16-20(21-9-4-17(2)29-21)27-12-14-28-15-13-27/h4-9,20H,3,10-16H2,1-2H3,(H2,24,25,26). The molecule has 0 bridgehead atoms. The minimum Gasteiger partial charge on any atom is -0.465 e. The molecule has 2 aromatic rings. The molecule has 0 aliphatic carbocycles. The van der Waals surface area contributed by atoms with Gasteiger partial charge in [0.2, 0.25) is 0 Å². The largest absolute Gasteiger partial charge is 0.465 e. The topological polar surface area (TPSA) is 62.0 Å². The molecule has 0 spiro atoms. The second-order valence-corrected chi connectivity index (χ2v) is 7.14. The van der Waals surface area contributed by atoms with Crippen molar-refractivity contribution in [2.75, 3.05) is 45.9 Å². The Bertz CT molecular complexity index is 769. The van der Waals surface area contributed by atoms with E-state index in [0.717, 1.165) is 68.9 Å². The first kappa shape index (κ1) is 21.3. The summed E-state index contributed by atoms with van der Waals surface area (Å²) in [6.07, 6.45) is 0.801. The van der Waals surface area contributed by atoms with Crippen molar-refractivity contribution in [3.05, 3.63) is 59.3 Å². The van der Waals surface area contributed by atoms with Gasteiger partial charge in [0, 0.05) is 26.2 Å². The Balaban J connectivity index is 1.62. The SMILES string of the molecule is CCNC(=NCC(c1ccc(C)o1)N1CCOCC1)NCCc1ccc(F)cc1. The van der Waals surface area contributed by atoms with Gasteiger partial charge in [0.1, 0.15) is 17.3 Å². The van der Waals surface area contributed by atoms with Crippen LogP contribution in [0.4, 0.5) is 4.39 Å². The van der Waals surface area contributed by atoms with E-state index in [9.17, 15) is 4.39 Å². The molecule has 1 aromatic heterocycles. The number of rotatable bonds is 8. The summed E-state index contributed by atoms with van der Waals surface area (Å²) in [6, 6.07) is 10.7. The molecule has 0 amide bonds. The molecule has 2 N–H and O–H groups in total. The van der Waals surface area contributed by atoms with Crippen LogP contribution in [0.25, 0.3) is 0 Å². The summed E-state index contributed by atoms with van der Waals surface area (Å²) in [6.45, 7) is 9.31. The number of halogens is 1. The van der Waals surface area contributed by atoms with Crippen molar-refractivity contribution < 1.29 is 13.5 Å². The fourth-order valence-corrected chi connectivity index (χ4v) is 3.40. The number of hydrogen-bond acceptors (Lipinski definition) is 4. The van der Waals surface area contributed by atoms with Crippen molar-refractivity contribution in [1.29, 1.82) is 0 Å². The Morgan fingerprint density at radius 2 is 1.90 bits per heavy atom. The zero-order chi connectivity index (χ0) is 20.5. The molecule has 158 valence electrons. The Hall–Kier alpha value is -2.38. The predicted molar refractivity (Wildman–Crippen MR) is 113 cm³/mol. The average molecular weight is 403 g/mol. The van der Waals surface area contributed by atoms with Crippen LogP contribution in [0.5, 0.6) is 0 Å². The second-order valence-electron chi connectivity index (χ2n) is 7.14. The highest BCUT2D eigenvalue weighted by Gasteiger charge is 2.25. The molecule has 1 unspecified atom stereocenters. The third-order valence-corrected chi connectivity index (χ3v) is 4.96. The molecular weight excluding hydrogens is 371 g/mol. The lowest BCUT2D eigenvalue weighted by Crippen LogP contribution is -2.42. The van der Waals surface area contributed by atoms with Gasteiger partial charge in [-0.05, 0) is 50.1 Å².